The van der Waals surface area contributed by atoms with Gasteiger partial charge in [-0.1, -0.05) is 6.92 Å². The SMILES string of the molecule is CCCN(CC(=O)N(C)C)c1ccnc(CN)c1. The van der Waals surface area contributed by atoms with E-state index in [1.807, 2.05) is 12.1 Å². The quantitative estimate of drug-likeness (QED) is 0.813. The van der Waals surface area contributed by atoms with Crippen molar-refractivity contribution in [3.63, 3.8) is 0 Å². The molecule has 0 atom stereocenters. The molecule has 18 heavy (non-hydrogen) atoms. The summed E-state index contributed by atoms with van der Waals surface area (Å²) in [6, 6.07) is 3.86. The number of nitrogens with two attached hydrogens (primary N) is 1. The second-order valence-electron chi connectivity index (χ2n) is 4.42. The first-order valence-corrected chi connectivity index (χ1v) is 6.18. The number of carbonyl (C=O) groups excluding carboxylic acids is 1. The summed E-state index contributed by atoms with van der Waals surface area (Å²) < 4.78 is 0. The molecule has 5 heteroatoms. The van der Waals surface area contributed by atoms with Gasteiger partial charge in [-0.3, -0.25) is 9.78 Å². The van der Waals surface area contributed by atoms with Crippen LogP contribution in [0.5, 0.6) is 0 Å². The van der Waals surface area contributed by atoms with Gasteiger partial charge in [-0.25, -0.2) is 0 Å². The van der Waals surface area contributed by atoms with E-state index in [4.69, 9.17) is 5.73 Å². The van der Waals surface area contributed by atoms with Gasteiger partial charge in [0.1, 0.15) is 0 Å². The van der Waals surface area contributed by atoms with E-state index in [0.29, 0.717) is 13.1 Å². The van der Waals surface area contributed by atoms with E-state index in [1.54, 1.807) is 25.2 Å². The van der Waals surface area contributed by atoms with E-state index in [1.165, 1.54) is 0 Å². The van der Waals surface area contributed by atoms with Crippen molar-refractivity contribution in [2.75, 3.05) is 32.1 Å². The lowest BCUT2D eigenvalue weighted by atomic mass is 10.2. The number of anilines is 1. The van der Waals surface area contributed by atoms with Gasteiger partial charge in [0.25, 0.3) is 0 Å². The summed E-state index contributed by atoms with van der Waals surface area (Å²) in [5.41, 5.74) is 7.43. The van der Waals surface area contributed by atoms with Gasteiger partial charge in [-0.05, 0) is 18.6 Å². The second kappa shape index (κ2) is 6.96. The highest BCUT2D eigenvalue weighted by atomic mass is 16.2. The Hall–Kier alpha value is -1.62. The van der Waals surface area contributed by atoms with Crippen LogP contribution in [0, 0.1) is 0 Å². The number of hydrogen-bond acceptors (Lipinski definition) is 4. The predicted molar refractivity (Wildman–Crippen MR) is 73.3 cm³/mol. The third-order valence-corrected chi connectivity index (χ3v) is 2.69. The zero-order valence-electron chi connectivity index (χ0n) is 11.4. The number of likely N-dealkylation sites (N-methyl/N-ethyl adjacent to an activating group) is 1. The number of pyridine rings is 1. The second-order valence-corrected chi connectivity index (χ2v) is 4.42. The molecule has 1 aromatic rings. The Morgan fingerprint density at radius 1 is 1.44 bits per heavy atom. The summed E-state index contributed by atoms with van der Waals surface area (Å²) in [6.45, 7) is 3.73. The van der Waals surface area contributed by atoms with Crippen LogP contribution in [0.4, 0.5) is 5.69 Å². The summed E-state index contributed by atoms with van der Waals surface area (Å²) in [5, 5.41) is 0. The number of aromatic nitrogens is 1. The van der Waals surface area contributed by atoms with Crippen LogP contribution >= 0.6 is 0 Å². The highest BCUT2D eigenvalue weighted by Gasteiger charge is 2.12. The first-order chi connectivity index (χ1) is 8.58. The van der Waals surface area contributed by atoms with Crippen LogP contribution in [0.15, 0.2) is 18.3 Å². The minimum absolute atomic E-state index is 0.0922. The molecule has 0 saturated heterocycles. The minimum atomic E-state index is 0.0922. The van der Waals surface area contributed by atoms with Crippen LogP contribution < -0.4 is 10.6 Å². The molecule has 0 bridgehead atoms. The van der Waals surface area contributed by atoms with Gasteiger partial charge in [0.2, 0.25) is 5.91 Å². The van der Waals surface area contributed by atoms with Gasteiger partial charge in [0.15, 0.2) is 0 Å². The molecule has 2 N–H and O–H groups in total. The van der Waals surface area contributed by atoms with E-state index in [2.05, 4.69) is 16.8 Å². The maximum Gasteiger partial charge on any atom is 0.241 e. The summed E-state index contributed by atoms with van der Waals surface area (Å²) >= 11 is 0. The van der Waals surface area contributed by atoms with E-state index in [9.17, 15) is 4.79 Å². The van der Waals surface area contributed by atoms with Gasteiger partial charge in [-0.15, -0.1) is 0 Å². The number of nitrogens with zero attached hydrogens (tertiary/aromatic N) is 3. The summed E-state index contributed by atoms with van der Waals surface area (Å²) in [4.78, 5) is 19.6. The topological polar surface area (TPSA) is 62.5 Å². The van der Waals surface area contributed by atoms with Gasteiger partial charge in [-0.2, -0.15) is 0 Å². The molecule has 0 aliphatic heterocycles. The number of amides is 1. The molecular weight excluding hydrogens is 228 g/mol. The average Bonchev–Trinajstić information content (AvgIpc) is 2.38. The summed E-state index contributed by atoms with van der Waals surface area (Å²) in [5.74, 6) is 0.0922. The highest BCUT2D eigenvalue weighted by molar-refractivity contribution is 5.81. The number of carbonyl (C=O) groups is 1. The molecule has 1 heterocycles. The van der Waals surface area contributed by atoms with Crippen LogP contribution in [-0.2, 0) is 11.3 Å². The Labute approximate surface area is 109 Å². The molecule has 0 radical (unpaired) electrons. The van der Waals surface area contributed by atoms with E-state index in [-0.39, 0.29) is 5.91 Å². The molecule has 0 unspecified atom stereocenters. The molecule has 0 aromatic carbocycles. The van der Waals surface area contributed by atoms with Crippen molar-refractivity contribution in [3.8, 4) is 0 Å². The van der Waals surface area contributed by atoms with Crippen molar-refractivity contribution < 1.29 is 4.79 Å². The van der Waals surface area contributed by atoms with Crippen LogP contribution in [0.25, 0.3) is 0 Å². The Bertz CT molecular complexity index is 392. The highest BCUT2D eigenvalue weighted by Crippen LogP contribution is 2.15. The molecule has 100 valence electrons. The minimum Gasteiger partial charge on any atom is -0.362 e. The molecule has 5 nitrogen and oxygen atoms in total. The van der Waals surface area contributed by atoms with Crippen molar-refractivity contribution in [2.45, 2.75) is 19.9 Å². The third kappa shape index (κ3) is 4.00. The van der Waals surface area contributed by atoms with Crippen molar-refractivity contribution in [3.05, 3.63) is 24.0 Å². The Morgan fingerprint density at radius 2 is 2.17 bits per heavy atom. The third-order valence-electron chi connectivity index (χ3n) is 2.69. The first-order valence-electron chi connectivity index (χ1n) is 6.18. The molecule has 0 aliphatic carbocycles. The predicted octanol–water partition coefficient (Wildman–Crippen LogP) is 0.845. The van der Waals surface area contributed by atoms with Crippen LogP contribution in [0.1, 0.15) is 19.0 Å². The fourth-order valence-electron chi connectivity index (χ4n) is 1.65. The van der Waals surface area contributed by atoms with E-state index < -0.39 is 0 Å². The van der Waals surface area contributed by atoms with Crippen molar-refractivity contribution >= 4 is 11.6 Å². The molecule has 1 aromatic heterocycles. The molecule has 0 saturated carbocycles. The fourth-order valence-corrected chi connectivity index (χ4v) is 1.65. The Kier molecular flexibility index (Phi) is 5.58. The average molecular weight is 250 g/mol. The molecule has 1 rings (SSSR count). The van der Waals surface area contributed by atoms with Crippen molar-refractivity contribution in [2.24, 2.45) is 5.73 Å². The Morgan fingerprint density at radius 3 is 2.72 bits per heavy atom. The normalized spacial score (nSPS) is 10.2. The van der Waals surface area contributed by atoms with Crippen LogP contribution in [-0.4, -0.2) is 43.0 Å². The lowest BCUT2D eigenvalue weighted by Gasteiger charge is -2.25. The molecule has 0 spiro atoms. The summed E-state index contributed by atoms with van der Waals surface area (Å²) in [7, 11) is 3.54. The van der Waals surface area contributed by atoms with Crippen molar-refractivity contribution in [1.82, 2.24) is 9.88 Å². The molecule has 1 amide bonds. The summed E-state index contributed by atoms with van der Waals surface area (Å²) in [6.07, 6.45) is 2.72. The standard InChI is InChI=1S/C13H22N4O/c1-4-7-17(10-13(18)16(2)3)12-5-6-15-11(8-12)9-14/h5-6,8H,4,7,9-10,14H2,1-3H3. The molecule has 0 fully saturated rings. The molecular formula is C13H22N4O. The lowest BCUT2D eigenvalue weighted by molar-refractivity contribution is -0.127. The smallest absolute Gasteiger partial charge is 0.241 e. The fraction of sp³-hybridized carbons (Fsp3) is 0.538. The van der Waals surface area contributed by atoms with Gasteiger partial charge >= 0.3 is 0 Å². The first kappa shape index (κ1) is 14.4. The van der Waals surface area contributed by atoms with E-state index >= 15 is 0 Å². The van der Waals surface area contributed by atoms with Gasteiger partial charge < -0.3 is 15.5 Å². The molecule has 0 aliphatic rings. The van der Waals surface area contributed by atoms with Crippen molar-refractivity contribution in [1.29, 1.82) is 0 Å². The van der Waals surface area contributed by atoms with E-state index in [0.717, 1.165) is 24.3 Å². The largest absolute Gasteiger partial charge is 0.362 e. The van der Waals surface area contributed by atoms with Crippen LogP contribution in [0.3, 0.4) is 0 Å². The maximum atomic E-state index is 11.8. The zero-order chi connectivity index (χ0) is 13.5. The Balaban J connectivity index is 2.85. The number of rotatable bonds is 6. The van der Waals surface area contributed by atoms with Gasteiger partial charge in [0.05, 0.1) is 12.2 Å². The monoisotopic (exact) mass is 250 g/mol. The lowest BCUT2D eigenvalue weighted by Crippen LogP contribution is -2.37. The number of hydrogen-bond donors (Lipinski definition) is 1. The zero-order valence-corrected chi connectivity index (χ0v) is 11.4. The van der Waals surface area contributed by atoms with Gasteiger partial charge in [0, 0.05) is 39.1 Å². The van der Waals surface area contributed by atoms with Crippen LogP contribution in [0.2, 0.25) is 0 Å². The maximum absolute atomic E-state index is 11.8.